The van der Waals surface area contributed by atoms with E-state index in [1.807, 2.05) is 6.08 Å². The van der Waals surface area contributed by atoms with E-state index in [-0.39, 0.29) is 25.7 Å². The van der Waals surface area contributed by atoms with Crippen LogP contribution in [0.15, 0.2) is 24.3 Å². The summed E-state index contributed by atoms with van der Waals surface area (Å²) in [4.78, 5) is 22.3. The van der Waals surface area contributed by atoms with Crippen LogP contribution in [0.5, 0.6) is 0 Å². The number of aliphatic hydroxyl groups is 1. The molecule has 0 aliphatic rings. The average Bonchev–Trinajstić information content (AvgIpc) is 2.87. The predicted molar refractivity (Wildman–Crippen MR) is 152 cm³/mol. The standard InChI is InChI=1S/C28H55N2O6P/c1-3-5-7-9-11-13-14-16-18-20-22-28(32)30-26(25-36-37(33,34)35-24-23-29)27(31)21-19-17-15-12-10-8-6-4-2/h10,12,19,21,26-27,31H,3-9,11,13-18,20,22-25,29H2,1-2H3,(H,30,32)(H,33,34)/b12-10+,21-19+. The summed E-state index contributed by atoms with van der Waals surface area (Å²) in [5.74, 6) is -0.213. The second-order valence-electron chi connectivity index (χ2n) is 9.60. The van der Waals surface area contributed by atoms with Gasteiger partial charge < -0.3 is 21.1 Å². The number of nitrogens with one attached hydrogen (secondary N) is 1. The van der Waals surface area contributed by atoms with Gasteiger partial charge in [-0.2, -0.15) is 0 Å². The van der Waals surface area contributed by atoms with Gasteiger partial charge in [-0.1, -0.05) is 109 Å². The lowest BCUT2D eigenvalue weighted by Gasteiger charge is -2.23. The number of phosphoric ester groups is 1. The molecule has 0 spiro atoms. The lowest BCUT2D eigenvalue weighted by molar-refractivity contribution is -0.123. The van der Waals surface area contributed by atoms with Gasteiger partial charge in [0.2, 0.25) is 5.91 Å². The first-order chi connectivity index (χ1) is 17.9. The third-order valence-corrected chi connectivity index (χ3v) is 7.01. The molecule has 0 aromatic rings. The molecule has 0 heterocycles. The Labute approximate surface area is 226 Å². The fourth-order valence-electron chi connectivity index (χ4n) is 3.78. The second-order valence-corrected chi connectivity index (χ2v) is 11.1. The number of nitrogens with two attached hydrogens (primary N) is 1. The minimum atomic E-state index is -4.32. The molecule has 0 aliphatic heterocycles. The summed E-state index contributed by atoms with van der Waals surface area (Å²) in [7, 11) is -4.32. The molecule has 0 saturated heterocycles. The predicted octanol–water partition coefficient (Wildman–Crippen LogP) is 6.32. The van der Waals surface area contributed by atoms with E-state index in [9.17, 15) is 19.4 Å². The van der Waals surface area contributed by atoms with Crippen LogP contribution in [0.25, 0.3) is 0 Å². The van der Waals surface area contributed by atoms with Gasteiger partial charge >= 0.3 is 7.82 Å². The van der Waals surface area contributed by atoms with E-state index in [1.54, 1.807) is 6.08 Å². The second kappa shape index (κ2) is 25.3. The topological polar surface area (TPSA) is 131 Å². The van der Waals surface area contributed by atoms with Gasteiger partial charge in [-0.25, -0.2) is 4.57 Å². The normalized spacial score (nSPS) is 15.3. The van der Waals surface area contributed by atoms with Crippen LogP contribution in [0.3, 0.4) is 0 Å². The molecule has 1 amide bonds. The molecule has 0 aromatic heterocycles. The molecule has 3 unspecified atom stereocenters. The van der Waals surface area contributed by atoms with E-state index in [0.29, 0.717) is 6.42 Å². The van der Waals surface area contributed by atoms with Gasteiger partial charge in [0.25, 0.3) is 0 Å². The molecule has 0 aliphatic carbocycles. The third-order valence-electron chi connectivity index (χ3n) is 6.03. The summed E-state index contributed by atoms with van der Waals surface area (Å²) in [6.45, 7) is 3.97. The highest BCUT2D eigenvalue weighted by atomic mass is 31.2. The molecule has 5 N–H and O–H groups in total. The first kappa shape index (κ1) is 36.0. The van der Waals surface area contributed by atoms with E-state index in [2.05, 4.69) is 31.3 Å². The molecule has 0 saturated carbocycles. The van der Waals surface area contributed by atoms with Gasteiger partial charge in [-0.05, 0) is 25.7 Å². The van der Waals surface area contributed by atoms with Crippen molar-refractivity contribution in [1.29, 1.82) is 0 Å². The van der Waals surface area contributed by atoms with Gasteiger partial charge in [0.1, 0.15) is 0 Å². The highest BCUT2D eigenvalue weighted by molar-refractivity contribution is 7.47. The molecule has 0 bridgehead atoms. The Morgan fingerprint density at radius 3 is 2.05 bits per heavy atom. The fourth-order valence-corrected chi connectivity index (χ4v) is 4.54. The van der Waals surface area contributed by atoms with Crippen molar-refractivity contribution in [3.63, 3.8) is 0 Å². The van der Waals surface area contributed by atoms with Crippen LogP contribution in [0.4, 0.5) is 0 Å². The van der Waals surface area contributed by atoms with Crippen molar-refractivity contribution < 1.29 is 28.4 Å². The Hall–Kier alpha value is -1.02. The minimum Gasteiger partial charge on any atom is -0.387 e. The highest BCUT2D eigenvalue weighted by Crippen LogP contribution is 2.43. The Morgan fingerprint density at radius 2 is 1.43 bits per heavy atom. The number of allylic oxidation sites excluding steroid dienone is 3. The zero-order valence-corrected chi connectivity index (χ0v) is 24.3. The molecular formula is C28H55N2O6P. The van der Waals surface area contributed by atoms with Crippen molar-refractivity contribution >= 4 is 13.7 Å². The van der Waals surface area contributed by atoms with E-state index < -0.39 is 20.0 Å². The van der Waals surface area contributed by atoms with Crippen LogP contribution in [0, 0.1) is 0 Å². The number of unbranched alkanes of at least 4 members (excludes halogenated alkanes) is 12. The number of hydrogen-bond acceptors (Lipinski definition) is 6. The van der Waals surface area contributed by atoms with Crippen LogP contribution < -0.4 is 11.1 Å². The smallest absolute Gasteiger partial charge is 0.387 e. The van der Waals surface area contributed by atoms with Crippen molar-refractivity contribution in [2.24, 2.45) is 5.73 Å². The van der Waals surface area contributed by atoms with E-state index in [0.717, 1.165) is 38.5 Å². The Morgan fingerprint density at radius 1 is 0.865 bits per heavy atom. The summed E-state index contributed by atoms with van der Waals surface area (Å²) >= 11 is 0. The minimum absolute atomic E-state index is 0.0746. The van der Waals surface area contributed by atoms with Crippen molar-refractivity contribution in [3.05, 3.63) is 24.3 Å². The molecular weight excluding hydrogens is 491 g/mol. The molecule has 0 fully saturated rings. The number of aliphatic hydroxyl groups excluding tert-OH is 1. The first-order valence-electron chi connectivity index (χ1n) is 14.5. The maximum atomic E-state index is 12.5. The van der Waals surface area contributed by atoms with Crippen molar-refractivity contribution in [1.82, 2.24) is 5.32 Å². The Kier molecular flexibility index (Phi) is 24.6. The summed E-state index contributed by atoms with van der Waals surface area (Å²) in [6.07, 6.45) is 23.8. The average molecular weight is 547 g/mol. The van der Waals surface area contributed by atoms with Gasteiger partial charge in [-0.15, -0.1) is 0 Å². The zero-order chi connectivity index (χ0) is 27.6. The SMILES string of the molecule is CCCC/C=C/CC/C=C/C(O)C(COP(=O)(O)OCCN)NC(=O)CCCCCCCCCCCC. The Bertz CT molecular complexity index is 644. The van der Waals surface area contributed by atoms with E-state index >= 15 is 0 Å². The van der Waals surface area contributed by atoms with Gasteiger partial charge in [-0.3, -0.25) is 13.8 Å². The van der Waals surface area contributed by atoms with Gasteiger partial charge in [0.05, 0.1) is 25.4 Å². The van der Waals surface area contributed by atoms with Crippen molar-refractivity contribution in [2.45, 2.75) is 129 Å². The summed E-state index contributed by atoms with van der Waals surface area (Å²) in [6, 6.07) is -0.867. The number of carbonyl (C=O) groups excluding carboxylic acids is 1. The van der Waals surface area contributed by atoms with E-state index in [1.165, 1.54) is 57.8 Å². The summed E-state index contributed by atoms with van der Waals surface area (Å²) < 4.78 is 21.8. The number of amides is 1. The molecule has 0 aromatic carbocycles. The molecule has 0 radical (unpaired) electrons. The van der Waals surface area contributed by atoms with Crippen LogP contribution in [0.1, 0.15) is 117 Å². The van der Waals surface area contributed by atoms with Crippen molar-refractivity contribution in [2.75, 3.05) is 19.8 Å². The molecule has 3 atom stereocenters. The lowest BCUT2D eigenvalue weighted by Crippen LogP contribution is -2.45. The zero-order valence-electron chi connectivity index (χ0n) is 23.5. The lowest BCUT2D eigenvalue weighted by atomic mass is 10.1. The summed E-state index contributed by atoms with van der Waals surface area (Å²) in [5, 5.41) is 13.4. The number of phosphoric acid groups is 1. The first-order valence-corrected chi connectivity index (χ1v) is 16.0. The van der Waals surface area contributed by atoms with Crippen LogP contribution in [-0.2, 0) is 18.4 Å². The van der Waals surface area contributed by atoms with Gasteiger partial charge in [0.15, 0.2) is 0 Å². The molecule has 0 rings (SSSR count). The largest absolute Gasteiger partial charge is 0.472 e. The number of carbonyl (C=O) groups is 1. The number of rotatable bonds is 26. The quantitative estimate of drug-likeness (QED) is 0.0567. The summed E-state index contributed by atoms with van der Waals surface area (Å²) in [5.41, 5.74) is 5.30. The molecule has 37 heavy (non-hydrogen) atoms. The maximum absolute atomic E-state index is 12.5. The maximum Gasteiger partial charge on any atom is 0.472 e. The third kappa shape index (κ3) is 23.8. The Balaban J connectivity index is 4.53. The fraction of sp³-hybridized carbons (Fsp3) is 0.821. The van der Waals surface area contributed by atoms with Crippen LogP contribution in [0.2, 0.25) is 0 Å². The van der Waals surface area contributed by atoms with Crippen LogP contribution in [-0.4, -0.2) is 47.8 Å². The molecule has 218 valence electrons. The van der Waals surface area contributed by atoms with Crippen molar-refractivity contribution in [3.8, 4) is 0 Å². The monoisotopic (exact) mass is 546 g/mol. The molecule has 9 heteroatoms. The van der Waals surface area contributed by atoms with Gasteiger partial charge in [0, 0.05) is 13.0 Å². The van der Waals surface area contributed by atoms with E-state index in [4.69, 9.17) is 14.8 Å². The van der Waals surface area contributed by atoms with Crippen LogP contribution >= 0.6 is 7.82 Å². The number of hydrogen-bond donors (Lipinski definition) is 4. The molecule has 8 nitrogen and oxygen atoms in total. The highest BCUT2D eigenvalue weighted by Gasteiger charge is 2.26.